The van der Waals surface area contributed by atoms with Crippen LogP contribution in [0.1, 0.15) is 12.1 Å². The number of furan rings is 1. The van der Waals surface area contributed by atoms with Gasteiger partial charge in [-0.25, -0.2) is 4.98 Å². The number of hydrogen-bond acceptors (Lipinski definition) is 7. The number of nitrogens with one attached hydrogen (secondary N) is 2. The summed E-state index contributed by atoms with van der Waals surface area (Å²) in [6.45, 7) is 1.90. The van der Waals surface area contributed by atoms with Gasteiger partial charge >= 0.3 is 0 Å². The first-order valence-electron chi connectivity index (χ1n) is 10.9. The lowest BCUT2D eigenvalue weighted by atomic mass is 10.1. The molecule has 1 aromatic carbocycles. The summed E-state index contributed by atoms with van der Waals surface area (Å²) in [6, 6.07) is 13.6. The molecule has 0 aliphatic carbocycles. The maximum absolute atomic E-state index is 13.2. The third-order valence-corrected chi connectivity index (χ3v) is 5.65. The monoisotopic (exact) mass is 474 g/mol. The highest BCUT2D eigenvalue weighted by Gasteiger charge is 2.36. The molecule has 3 aromatic heterocycles. The minimum absolute atomic E-state index is 0.0573. The number of aryl methyl sites for hydroxylation is 1. The van der Waals surface area contributed by atoms with Gasteiger partial charge in [-0.1, -0.05) is 6.07 Å². The first-order chi connectivity index (χ1) is 16.9. The molecular formula is C24H22N6O5. The van der Waals surface area contributed by atoms with Gasteiger partial charge in [0.25, 0.3) is 5.56 Å². The van der Waals surface area contributed by atoms with Crippen LogP contribution in [0.5, 0.6) is 5.75 Å². The van der Waals surface area contributed by atoms with Crippen molar-refractivity contribution in [3.63, 3.8) is 0 Å². The number of hydrogen-bond donors (Lipinski definition) is 2. The predicted octanol–water partition coefficient (Wildman–Crippen LogP) is 2.52. The van der Waals surface area contributed by atoms with E-state index in [4.69, 9.17) is 9.15 Å². The number of methoxy groups -OCH3 is 1. The lowest BCUT2D eigenvalue weighted by Crippen LogP contribution is -2.28. The second kappa shape index (κ2) is 8.93. The number of anilines is 2. The van der Waals surface area contributed by atoms with E-state index in [-0.39, 0.29) is 42.1 Å². The fraction of sp³-hybridized carbons (Fsp3) is 0.208. The molecule has 0 spiro atoms. The van der Waals surface area contributed by atoms with Gasteiger partial charge in [0.2, 0.25) is 17.8 Å². The highest BCUT2D eigenvalue weighted by atomic mass is 16.5. The molecule has 11 heteroatoms. The fourth-order valence-corrected chi connectivity index (χ4v) is 3.98. The summed E-state index contributed by atoms with van der Waals surface area (Å²) in [4.78, 5) is 46.4. The zero-order valence-corrected chi connectivity index (χ0v) is 19.0. The van der Waals surface area contributed by atoms with E-state index in [2.05, 4.69) is 20.4 Å². The van der Waals surface area contributed by atoms with Gasteiger partial charge in [0.05, 0.1) is 19.3 Å². The van der Waals surface area contributed by atoms with Crippen LogP contribution in [-0.2, 0) is 9.59 Å². The van der Waals surface area contributed by atoms with Crippen LogP contribution in [-0.4, -0.2) is 45.2 Å². The molecule has 0 radical (unpaired) electrons. The van der Waals surface area contributed by atoms with E-state index in [1.54, 1.807) is 61.4 Å². The summed E-state index contributed by atoms with van der Waals surface area (Å²) in [5.74, 6) is 0.421. The Morgan fingerprint density at radius 2 is 2.06 bits per heavy atom. The maximum atomic E-state index is 13.2. The van der Waals surface area contributed by atoms with Crippen molar-refractivity contribution in [3.8, 4) is 23.2 Å². The normalized spacial score (nSPS) is 15.4. The standard InChI is InChI=1S/C24H22N6O5/c1-14-9-21(31)27-24(25-14)30-20(12-18(28-30)19-7-4-8-35-19)26-23(33)15-10-22(32)29(13-15)16-5-3-6-17(11-16)34-2/h3-9,11-12,15H,10,13H2,1-2H3,(H,26,33)(H,25,27,31). The Balaban J connectivity index is 1.43. The van der Waals surface area contributed by atoms with E-state index in [9.17, 15) is 14.4 Å². The van der Waals surface area contributed by atoms with Crippen LogP contribution in [0.2, 0.25) is 0 Å². The first-order valence-corrected chi connectivity index (χ1v) is 10.9. The molecular weight excluding hydrogens is 452 g/mol. The van der Waals surface area contributed by atoms with E-state index in [0.29, 0.717) is 28.6 Å². The number of H-pyrrole nitrogens is 1. The van der Waals surface area contributed by atoms with Gasteiger partial charge in [-0.3, -0.25) is 19.4 Å². The zero-order valence-electron chi connectivity index (χ0n) is 19.0. The SMILES string of the molecule is COc1cccc(N2CC(C(=O)Nc3cc(-c4ccco4)nn3-c3nc(C)cc(=O)[nH]3)CC2=O)c1. The number of aromatic amines is 1. The second-order valence-corrected chi connectivity index (χ2v) is 8.11. The zero-order chi connectivity index (χ0) is 24.5. The highest BCUT2D eigenvalue weighted by molar-refractivity contribution is 6.03. The Labute approximate surface area is 199 Å². The summed E-state index contributed by atoms with van der Waals surface area (Å²) in [5, 5.41) is 7.31. The quantitative estimate of drug-likeness (QED) is 0.438. The molecule has 2 amide bonds. The smallest absolute Gasteiger partial charge is 0.252 e. The van der Waals surface area contributed by atoms with Crippen molar-refractivity contribution in [2.24, 2.45) is 5.92 Å². The number of ether oxygens (including phenoxy) is 1. The molecule has 0 saturated carbocycles. The third-order valence-electron chi connectivity index (χ3n) is 5.65. The van der Waals surface area contributed by atoms with Gasteiger partial charge in [0.15, 0.2) is 5.76 Å². The fourth-order valence-electron chi connectivity index (χ4n) is 3.98. The van der Waals surface area contributed by atoms with E-state index >= 15 is 0 Å². The number of amides is 2. The number of nitrogens with zero attached hydrogens (tertiary/aromatic N) is 4. The summed E-state index contributed by atoms with van der Waals surface area (Å²) in [5.41, 5.74) is 1.24. The molecule has 2 N–H and O–H groups in total. The number of rotatable bonds is 6. The van der Waals surface area contributed by atoms with Crippen molar-refractivity contribution in [2.75, 3.05) is 23.9 Å². The van der Waals surface area contributed by atoms with Crippen LogP contribution < -0.4 is 20.5 Å². The van der Waals surface area contributed by atoms with Crippen molar-refractivity contribution >= 4 is 23.3 Å². The van der Waals surface area contributed by atoms with Crippen LogP contribution in [0.15, 0.2) is 64.0 Å². The largest absolute Gasteiger partial charge is 0.497 e. The van der Waals surface area contributed by atoms with E-state index in [1.807, 2.05) is 0 Å². The molecule has 1 unspecified atom stereocenters. The van der Waals surface area contributed by atoms with E-state index in [0.717, 1.165) is 0 Å². The minimum atomic E-state index is -0.589. The number of carbonyl (C=O) groups excluding carboxylic acids is 2. The number of benzene rings is 1. The van der Waals surface area contributed by atoms with E-state index < -0.39 is 5.92 Å². The average Bonchev–Trinajstić information content (AvgIpc) is 3.58. The van der Waals surface area contributed by atoms with Gasteiger partial charge in [-0.2, -0.15) is 9.78 Å². The van der Waals surface area contributed by atoms with Crippen molar-refractivity contribution < 1.29 is 18.7 Å². The third kappa shape index (κ3) is 4.43. The summed E-state index contributed by atoms with van der Waals surface area (Å²) >= 11 is 0. The molecule has 0 bridgehead atoms. The highest BCUT2D eigenvalue weighted by Crippen LogP contribution is 2.29. The molecule has 11 nitrogen and oxygen atoms in total. The van der Waals surface area contributed by atoms with Crippen molar-refractivity contribution in [1.82, 2.24) is 19.7 Å². The molecule has 1 aliphatic heterocycles. The lowest BCUT2D eigenvalue weighted by molar-refractivity contribution is -0.122. The van der Waals surface area contributed by atoms with Gasteiger partial charge in [0.1, 0.15) is 17.3 Å². The number of aromatic nitrogens is 4. The molecule has 1 atom stereocenters. The maximum Gasteiger partial charge on any atom is 0.252 e. The first kappa shape index (κ1) is 22.1. The number of carbonyl (C=O) groups is 2. The second-order valence-electron chi connectivity index (χ2n) is 8.11. The average molecular weight is 474 g/mol. The molecule has 1 saturated heterocycles. The predicted molar refractivity (Wildman–Crippen MR) is 127 cm³/mol. The molecule has 1 fully saturated rings. The molecule has 4 heterocycles. The Morgan fingerprint density at radius 1 is 1.20 bits per heavy atom. The lowest BCUT2D eigenvalue weighted by Gasteiger charge is -2.17. The summed E-state index contributed by atoms with van der Waals surface area (Å²) in [7, 11) is 1.55. The Bertz CT molecular complexity index is 1460. The Morgan fingerprint density at radius 3 is 2.80 bits per heavy atom. The topological polar surface area (TPSA) is 135 Å². The van der Waals surface area contributed by atoms with Crippen LogP contribution in [0.4, 0.5) is 11.5 Å². The molecule has 35 heavy (non-hydrogen) atoms. The summed E-state index contributed by atoms with van der Waals surface area (Å²) < 4.78 is 12.0. The molecule has 4 aromatic rings. The van der Waals surface area contributed by atoms with Crippen molar-refractivity contribution in [2.45, 2.75) is 13.3 Å². The van der Waals surface area contributed by atoms with Crippen LogP contribution in [0.25, 0.3) is 17.4 Å². The van der Waals surface area contributed by atoms with E-state index in [1.165, 1.54) is 17.0 Å². The van der Waals surface area contributed by atoms with Crippen molar-refractivity contribution in [3.05, 3.63) is 70.8 Å². The van der Waals surface area contributed by atoms with Crippen molar-refractivity contribution in [1.29, 1.82) is 0 Å². The van der Waals surface area contributed by atoms with Gasteiger partial charge in [-0.05, 0) is 31.2 Å². The molecule has 178 valence electrons. The van der Waals surface area contributed by atoms with Gasteiger partial charge in [0, 0.05) is 42.5 Å². The minimum Gasteiger partial charge on any atom is -0.497 e. The summed E-state index contributed by atoms with van der Waals surface area (Å²) in [6.07, 6.45) is 1.57. The van der Waals surface area contributed by atoms with Gasteiger partial charge < -0.3 is 19.4 Å². The molecule has 5 rings (SSSR count). The Kier molecular flexibility index (Phi) is 5.65. The van der Waals surface area contributed by atoms with Crippen LogP contribution in [0.3, 0.4) is 0 Å². The van der Waals surface area contributed by atoms with Crippen LogP contribution in [0, 0.1) is 12.8 Å². The van der Waals surface area contributed by atoms with Crippen LogP contribution >= 0.6 is 0 Å². The Hall–Kier alpha value is -4.67. The van der Waals surface area contributed by atoms with Gasteiger partial charge in [-0.15, -0.1) is 0 Å². The molecule has 1 aliphatic rings.